The summed E-state index contributed by atoms with van der Waals surface area (Å²) in [6.07, 6.45) is -4.71. The van der Waals surface area contributed by atoms with Gasteiger partial charge >= 0.3 is 0 Å². The first-order valence-electron chi connectivity index (χ1n) is 4.43. The maximum atomic E-state index is 11.0. The number of rotatable bonds is 7. The number of nitrogens with one attached hydrogen (secondary N) is 1. The van der Waals surface area contributed by atoms with Gasteiger partial charge in [0.2, 0.25) is 5.91 Å². The number of alkyl halides is 1. The maximum absolute atomic E-state index is 11.0. The molecule has 0 aromatic carbocycles. The second-order valence-electron chi connectivity index (χ2n) is 3.09. The van der Waals surface area contributed by atoms with Crippen LogP contribution >= 0.6 is 22.6 Å². The summed E-state index contributed by atoms with van der Waals surface area (Å²) in [5.74, 6) is -0.484. The average molecular weight is 347 g/mol. The second-order valence-corrected chi connectivity index (χ2v) is 3.86. The smallest absolute Gasteiger partial charge is 0.230 e. The molecule has 0 bridgehead atoms. The molecule has 0 saturated carbocycles. The van der Waals surface area contributed by atoms with Crippen molar-refractivity contribution in [3.63, 3.8) is 0 Å². The van der Waals surface area contributed by atoms with Crippen molar-refractivity contribution >= 4 is 34.8 Å². The van der Waals surface area contributed by atoms with Gasteiger partial charge in [0.05, 0.1) is 11.0 Å². The molecule has 8 heteroatoms. The Morgan fingerprint density at radius 2 is 1.88 bits per heavy atom. The standard InChI is InChI=1S/C8H14INO6/c9-1-6(14)10-4(2-11)7(15)8(16)5(13)3-12/h2,4-5,7-8,12-13,15-16H,1,3H2,(H,10,14)/t4-,5+,7+,8-/m0/s1. The summed E-state index contributed by atoms with van der Waals surface area (Å²) in [5.41, 5.74) is 0. The van der Waals surface area contributed by atoms with E-state index in [9.17, 15) is 19.8 Å². The monoisotopic (exact) mass is 347 g/mol. The van der Waals surface area contributed by atoms with Crippen molar-refractivity contribution in [2.45, 2.75) is 24.4 Å². The first-order valence-corrected chi connectivity index (χ1v) is 5.96. The van der Waals surface area contributed by atoms with Gasteiger partial charge < -0.3 is 30.5 Å². The molecule has 16 heavy (non-hydrogen) atoms. The van der Waals surface area contributed by atoms with E-state index in [2.05, 4.69) is 5.32 Å². The average Bonchev–Trinajstić information content (AvgIpc) is 2.32. The Morgan fingerprint density at radius 3 is 2.25 bits per heavy atom. The molecule has 5 N–H and O–H groups in total. The van der Waals surface area contributed by atoms with Crippen LogP contribution in [0.15, 0.2) is 0 Å². The van der Waals surface area contributed by atoms with Gasteiger partial charge in [-0.3, -0.25) is 4.79 Å². The van der Waals surface area contributed by atoms with Crippen molar-refractivity contribution in [2.24, 2.45) is 0 Å². The van der Waals surface area contributed by atoms with Crippen LogP contribution in [0.3, 0.4) is 0 Å². The lowest BCUT2D eigenvalue weighted by Crippen LogP contribution is -2.53. The molecule has 0 aromatic heterocycles. The van der Waals surface area contributed by atoms with Crippen molar-refractivity contribution in [2.75, 3.05) is 11.0 Å². The van der Waals surface area contributed by atoms with E-state index in [1.807, 2.05) is 0 Å². The second kappa shape index (κ2) is 7.90. The number of halogens is 1. The molecule has 1 amide bonds. The van der Waals surface area contributed by atoms with E-state index in [0.717, 1.165) is 0 Å². The van der Waals surface area contributed by atoms with Crippen LogP contribution in [-0.4, -0.2) is 68.0 Å². The van der Waals surface area contributed by atoms with Crippen molar-refractivity contribution in [1.29, 1.82) is 0 Å². The van der Waals surface area contributed by atoms with E-state index in [0.29, 0.717) is 0 Å². The number of carbonyl (C=O) groups excluding carboxylic acids is 2. The Kier molecular flexibility index (Phi) is 7.76. The summed E-state index contributed by atoms with van der Waals surface area (Å²) in [6.45, 7) is -0.760. The lowest BCUT2D eigenvalue weighted by atomic mass is 10.0. The number of aliphatic hydroxyl groups is 4. The summed E-state index contributed by atoms with van der Waals surface area (Å²) in [4.78, 5) is 21.5. The molecule has 0 radical (unpaired) electrons. The zero-order valence-electron chi connectivity index (χ0n) is 8.28. The summed E-state index contributed by atoms with van der Waals surface area (Å²) >= 11 is 1.76. The summed E-state index contributed by atoms with van der Waals surface area (Å²) in [6, 6.07) is -1.32. The van der Waals surface area contributed by atoms with E-state index >= 15 is 0 Å². The number of hydrogen-bond acceptors (Lipinski definition) is 6. The van der Waals surface area contributed by atoms with Crippen LogP contribution in [0.5, 0.6) is 0 Å². The maximum Gasteiger partial charge on any atom is 0.230 e. The van der Waals surface area contributed by atoms with Gasteiger partial charge in [0.25, 0.3) is 0 Å². The third kappa shape index (κ3) is 4.70. The van der Waals surface area contributed by atoms with Crippen LogP contribution in [0.2, 0.25) is 0 Å². The largest absolute Gasteiger partial charge is 0.394 e. The molecule has 7 nitrogen and oxygen atoms in total. The van der Waals surface area contributed by atoms with Gasteiger partial charge in [-0.2, -0.15) is 0 Å². The van der Waals surface area contributed by atoms with Crippen LogP contribution in [0.4, 0.5) is 0 Å². The molecule has 0 rings (SSSR count). The molecule has 0 saturated heterocycles. The van der Waals surface area contributed by atoms with Crippen LogP contribution in [0.1, 0.15) is 0 Å². The highest BCUT2D eigenvalue weighted by Crippen LogP contribution is 2.04. The van der Waals surface area contributed by atoms with E-state index < -0.39 is 36.9 Å². The Labute approximate surface area is 106 Å². The normalized spacial score (nSPS) is 18.3. The zero-order valence-corrected chi connectivity index (χ0v) is 10.4. The van der Waals surface area contributed by atoms with E-state index in [1.54, 1.807) is 22.6 Å². The van der Waals surface area contributed by atoms with Gasteiger partial charge in [0.1, 0.15) is 30.6 Å². The molecule has 0 heterocycles. The van der Waals surface area contributed by atoms with Gasteiger partial charge in [-0.1, -0.05) is 22.6 Å². The summed E-state index contributed by atoms with van der Waals surface area (Å²) in [5, 5.41) is 38.5. The lowest BCUT2D eigenvalue weighted by molar-refractivity contribution is -0.129. The van der Waals surface area contributed by atoms with Crippen LogP contribution in [0, 0.1) is 0 Å². The lowest BCUT2D eigenvalue weighted by Gasteiger charge is -2.25. The molecule has 94 valence electrons. The Hall–Kier alpha value is -0.290. The Morgan fingerprint density at radius 1 is 1.31 bits per heavy atom. The number of hydrogen-bond donors (Lipinski definition) is 5. The van der Waals surface area contributed by atoms with Gasteiger partial charge in [0, 0.05) is 0 Å². The van der Waals surface area contributed by atoms with Crippen LogP contribution in [0.25, 0.3) is 0 Å². The summed E-state index contributed by atoms with van der Waals surface area (Å²) in [7, 11) is 0. The minimum absolute atomic E-state index is 0.0907. The van der Waals surface area contributed by atoms with Gasteiger partial charge in [0.15, 0.2) is 0 Å². The third-order valence-corrected chi connectivity index (χ3v) is 2.59. The number of amides is 1. The fourth-order valence-electron chi connectivity index (χ4n) is 0.972. The van der Waals surface area contributed by atoms with Crippen LogP contribution < -0.4 is 5.32 Å². The Balaban J connectivity index is 4.45. The predicted octanol–water partition coefficient (Wildman–Crippen LogP) is -2.82. The number of carbonyl (C=O) groups is 2. The van der Waals surface area contributed by atoms with Crippen LogP contribution in [-0.2, 0) is 9.59 Å². The predicted molar refractivity (Wildman–Crippen MR) is 62.0 cm³/mol. The molecule has 4 atom stereocenters. The highest BCUT2D eigenvalue weighted by atomic mass is 127. The first-order chi connectivity index (χ1) is 7.47. The number of aliphatic hydroxyl groups excluding tert-OH is 4. The first kappa shape index (κ1) is 15.7. The molecule has 0 aromatic rings. The van der Waals surface area contributed by atoms with E-state index in [-0.39, 0.29) is 10.7 Å². The third-order valence-electron chi connectivity index (χ3n) is 1.89. The molecule has 0 fully saturated rings. The van der Waals surface area contributed by atoms with Crippen molar-refractivity contribution in [3.05, 3.63) is 0 Å². The fraction of sp³-hybridized carbons (Fsp3) is 0.750. The van der Waals surface area contributed by atoms with Crippen molar-refractivity contribution < 1.29 is 30.0 Å². The Bertz CT molecular complexity index is 239. The van der Waals surface area contributed by atoms with Gasteiger partial charge in [-0.25, -0.2) is 0 Å². The highest BCUT2D eigenvalue weighted by molar-refractivity contribution is 14.1. The molecule has 0 aliphatic carbocycles. The molecular formula is C8H14INO6. The van der Waals surface area contributed by atoms with E-state index in [4.69, 9.17) is 10.2 Å². The molecule has 0 unspecified atom stereocenters. The van der Waals surface area contributed by atoms with Gasteiger partial charge in [-0.15, -0.1) is 0 Å². The molecule has 0 aliphatic heterocycles. The SMILES string of the molecule is O=C[C@H](NC(=O)CI)[C@@H](O)[C@@H](O)[C@H](O)CO. The van der Waals surface area contributed by atoms with Crippen molar-refractivity contribution in [1.82, 2.24) is 5.32 Å². The number of aldehydes is 1. The quantitative estimate of drug-likeness (QED) is 0.192. The molecular weight excluding hydrogens is 333 g/mol. The minimum atomic E-state index is -1.71. The highest BCUT2D eigenvalue weighted by Gasteiger charge is 2.31. The van der Waals surface area contributed by atoms with E-state index in [1.165, 1.54) is 0 Å². The topological polar surface area (TPSA) is 127 Å². The van der Waals surface area contributed by atoms with Gasteiger partial charge in [-0.05, 0) is 0 Å². The minimum Gasteiger partial charge on any atom is -0.394 e. The molecule has 0 aliphatic rings. The zero-order chi connectivity index (χ0) is 12.7. The van der Waals surface area contributed by atoms with Crippen molar-refractivity contribution in [3.8, 4) is 0 Å². The molecule has 0 spiro atoms. The fourth-order valence-corrected chi connectivity index (χ4v) is 1.19. The summed E-state index contributed by atoms with van der Waals surface area (Å²) < 4.78 is 0.0907.